The van der Waals surface area contributed by atoms with Crippen LogP contribution in [0.3, 0.4) is 0 Å². The number of rotatable bonds is 4. The molecule has 29 heavy (non-hydrogen) atoms. The molecule has 2 atom stereocenters. The van der Waals surface area contributed by atoms with Crippen LogP contribution in [-0.2, 0) is 6.42 Å². The highest BCUT2D eigenvalue weighted by Gasteiger charge is 2.42. The highest BCUT2D eigenvalue weighted by atomic mass is 19.3. The fraction of sp³-hybridized carbons (Fsp3) is 0.375. The lowest BCUT2D eigenvalue weighted by atomic mass is 9.71. The Morgan fingerprint density at radius 2 is 1.90 bits per heavy atom. The van der Waals surface area contributed by atoms with Gasteiger partial charge in [0.1, 0.15) is 0 Å². The highest BCUT2D eigenvalue weighted by Crippen LogP contribution is 2.47. The summed E-state index contributed by atoms with van der Waals surface area (Å²) in [6.45, 7) is 4.16. The number of alkyl halides is 2. The second-order valence-electron chi connectivity index (χ2n) is 8.35. The highest BCUT2D eigenvalue weighted by molar-refractivity contribution is 5.88. The second kappa shape index (κ2) is 7.29. The Balaban J connectivity index is 1.70. The molecule has 1 fully saturated rings. The van der Waals surface area contributed by atoms with Crippen molar-refractivity contribution in [3.05, 3.63) is 70.4 Å². The Bertz CT molecular complexity index is 1050. The van der Waals surface area contributed by atoms with E-state index in [4.69, 9.17) is 5.11 Å². The minimum atomic E-state index is -2.68. The van der Waals surface area contributed by atoms with Gasteiger partial charge >= 0.3 is 5.97 Å². The lowest BCUT2D eigenvalue weighted by Crippen LogP contribution is -2.32. The Kier molecular flexibility index (Phi) is 4.93. The molecule has 1 aliphatic carbocycles. The number of benzene rings is 2. The van der Waals surface area contributed by atoms with Crippen molar-refractivity contribution >= 4 is 16.9 Å². The quantitative estimate of drug-likeness (QED) is 0.547. The van der Waals surface area contributed by atoms with Crippen LogP contribution in [0.2, 0.25) is 0 Å². The molecule has 0 bridgehead atoms. The molecule has 4 rings (SSSR count). The first kappa shape index (κ1) is 19.6. The maximum Gasteiger partial charge on any atom is 0.335 e. The number of aromatic amines is 1. The molecule has 5 heteroatoms. The minimum absolute atomic E-state index is 0.0878. The van der Waals surface area contributed by atoms with Crippen LogP contribution in [0, 0.1) is 19.8 Å². The predicted octanol–water partition coefficient (Wildman–Crippen LogP) is 6.24. The number of H-pyrrole nitrogens is 1. The Hall–Kier alpha value is -2.69. The molecule has 0 aliphatic heterocycles. The molecule has 1 aromatic heterocycles. The minimum Gasteiger partial charge on any atom is -0.478 e. The molecule has 0 saturated heterocycles. The van der Waals surface area contributed by atoms with Crippen LogP contribution in [0.15, 0.2) is 42.6 Å². The third kappa shape index (κ3) is 3.78. The molecule has 0 spiro atoms. The van der Waals surface area contributed by atoms with Crippen LogP contribution in [0.1, 0.15) is 57.8 Å². The van der Waals surface area contributed by atoms with E-state index in [9.17, 15) is 13.6 Å². The Labute approximate surface area is 168 Å². The SMILES string of the molecule is Cc1cc(C)c2[nH]ccc2c1C[C@@H]1CCC(F)(F)C[C@H]1c1ccc(C(=O)O)cc1. The number of fused-ring (bicyclic) bond motifs is 1. The van der Waals surface area contributed by atoms with Gasteiger partial charge in [-0.05, 0) is 79.0 Å². The predicted molar refractivity (Wildman–Crippen MR) is 110 cm³/mol. The summed E-state index contributed by atoms with van der Waals surface area (Å²) < 4.78 is 28.6. The van der Waals surface area contributed by atoms with Gasteiger partial charge in [-0.3, -0.25) is 0 Å². The van der Waals surface area contributed by atoms with Crippen LogP contribution < -0.4 is 0 Å². The number of hydrogen-bond acceptors (Lipinski definition) is 1. The van der Waals surface area contributed by atoms with E-state index in [0.29, 0.717) is 6.42 Å². The summed E-state index contributed by atoms with van der Waals surface area (Å²) in [7, 11) is 0. The monoisotopic (exact) mass is 397 g/mol. The summed E-state index contributed by atoms with van der Waals surface area (Å²) >= 11 is 0. The number of carboxylic acid groups (broad SMARTS) is 1. The number of carboxylic acids is 1. The molecular formula is C24H25F2NO2. The zero-order valence-corrected chi connectivity index (χ0v) is 16.6. The third-order valence-corrected chi connectivity index (χ3v) is 6.40. The van der Waals surface area contributed by atoms with Crippen molar-refractivity contribution in [3.63, 3.8) is 0 Å². The molecule has 1 heterocycles. The average Bonchev–Trinajstić information content (AvgIpc) is 3.16. The number of aryl methyl sites for hydroxylation is 2. The van der Waals surface area contributed by atoms with Crippen molar-refractivity contribution in [3.8, 4) is 0 Å². The largest absolute Gasteiger partial charge is 0.478 e. The summed E-state index contributed by atoms with van der Waals surface area (Å²) in [6, 6.07) is 10.7. The van der Waals surface area contributed by atoms with Crippen LogP contribution in [-0.4, -0.2) is 22.0 Å². The molecule has 1 aliphatic rings. The van der Waals surface area contributed by atoms with Crippen molar-refractivity contribution in [2.45, 2.75) is 51.4 Å². The van der Waals surface area contributed by atoms with Gasteiger partial charge in [-0.1, -0.05) is 18.2 Å². The van der Waals surface area contributed by atoms with E-state index >= 15 is 0 Å². The first-order valence-corrected chi connectivity index (χ1v) is 10.0. The lowest BCUT2D eigenvalue weighted by molar-refractivity contribution is -0.0546. The molecule has 2 aromatic carbocycles. The van der Waals surface area contributed by atoms with Crippen molar-refractivity contribution in [2.75, 3.05) is 0 Å². The molecule has 3 aromatic rings. The van der Waals surface area contributed by atoms with Gasteiger partial charge in [-0.2, -0.15) is 0 Å². The number of carbonyl (C=O) groups is 1. The summed E-state index contributed by atoms with van der Waals surface area (Å²) in [5.74, 6) is -3.90. The number of aromatic nitrogens is 1. The Morgan fingerprint density at radius 1 is 1.17 bits per heavy atom. The van der Waals surface area contributed by atoms with Gasteiger partial charge < -0.3 is 10.1 Å². The molecular weight excluding hydrogens is 372 g/mol. The van der Waals surface area contributed by atoms with Gasteiger partial charge in [0.2, 0.25) is 5.92 Å². The van der Waals surface area contributed by atoms with E-state index in [1.54, 1.807) is 12.1 Å². The zero-order valence-electron chi connectivity index (χ0n) is 16.6. The van der Waals surface area contributed by atoms with E-state index in [1.165, 1.54) is 34.2 Å². The topological polar surface area (TPSA) is 53.1 Å². The van der Waals surface area contributed by atoms with Crippen molar-refractivity contribution < 1.29 is 18.7 Å². The summed E-state index contributed by atoms with van der Waals surface area (Å²) in [5, 5.41) is 10.3. The first-order chi connectivity index (χ1) is 13.7. The van der Waals surface area contributed by atoms with Crippen molar-refractivity contribution in [1.82, 2.24) is 4.98 Å². The summed E-state index contributed by atoms with van der Waals surface area (Å²) in [5.41, 5.74) is 5.67. The van der Waals surface area contributed by atoms with E-state index in [0.717, 1.165) is 17.5 Å². The molecule has 3 nitrogen and oxygen atoms in total. The van der Waals surface area contributed by atoms with E-state index in [-0.39, 0.29) is 30.2 Å². The van der Waals surface area contributed by atoms with Gasteiger partial charge in [-0.15, -0.1) is 0 Å². The third-order valence-electron chi connectivity index (χ3n) is 6.40. The van der Waals surface area contributed by atoms with E-state index in [2.05, 4.69) is 31.0 Å². The van der Waals surface area contributed by atoms with Crippen LogP contribution in [0.25, 0.3) is 10.9 Å². The zero-order chi connectivity index (χ0) is 20.8. The van der Waals surface area contributed by atoms with Crippen LogP contribution in [0.4, 0.5) is 8.78 Å². The van der Waals surface area contributed by atoms with E-state index < -0.39 is 11.9 Å². The number of hydrogen-bond donors (Lipinski definition) is 2. The van der Waals surface area contributed by atoms with E-state index in [1.807, 2.05) is 6.20 Å². The number of nitrogens with one attached hydrogen (secondary N) is 1. The summed E-state index contributed by atoms with van der Waals surface area (Å²) in [4.78, 5) is 14.4. The van der Waals surface area contributed by atoms with Crippen molar-refractivity contribution in [1.29, 1.82) is 0 Å². The van der Waals surface area contributed by atoms with Gasteiger partial charge in [-0.25, -0.2) is 13.6 Å². The summed E-state index contributed by atoms with van der Waals surface area (Å²) in [6.07, 6.45) is 2.84. The van der Waals surface area contributed by atoms with Crippen LogP contribution >= 0.6 is 0 Å². The lowest BCUT2D eigenvalue weighted by Gasteiger charge is -2.37. The van der Waals surface area contributed by atoms with Gasteiger partial charge in [0.25, 0.3) is 0 Å². The van der Waals surface area contributed by atoms with Gasteiger partial charge in [0.05, 0.1) is 5.56 Å². The fourth-order valence-corrected chi connectivity index (χ4v) is 4.87. The number of halogens is 2. The van der Waals surface area contributed by atoms with Crippen molar-refractivity contribution in [2.24, 2.45) is 5.92 Å². The molecule has 0 unspecified atom stereocenters. The normalized spacial score (nSPS) is 21.4. The maximum absolute atomic E-state index is 14.3. The van der Waals surface area contributed by atoms with Crippen LogP contribution in [0.5, 0.6) is 0 Å². The first-order valence-electron chi connectivity index (χ1n) is 10.0. The second-order valence-corrected chi connectivity index (χ2v) is 8.35. The maximum atomic E-state index is 14.3. The van der Waals surface area contributed by atoms with Gasteiger partial charge in [0, 0.05) is 29.9 Å². The molecule has 2 N–H and O–H groups in total. The molecule has 0 amide bonds. The van der Waals surface area contributed by atoms with Gasteiger partial charge in [0.15, 0.2) is 0 Å². The molecule has 152 valence electrons. The smallest absolute Gasteiger partial charge is 0.335 e. The Morgan fingerprint density at radius 3 is 2.59 bits per heavy atom. The standard InChI is InChI=1S/C24H25F2NO2/c1-14-11-15(2)22-19(8-10-27-22)20(14)12-18-7-9-24(25,26)13-21(18)16-3-5-17(6-4-16)23(28)29/h3-6,8,10-11,18,21,27H,7,9,12-13H2,1-2H3,(H,28,29)/t18-,21-/m0/s1. The number of aromatic carboxylic acids is 1. The fourth-order valence-electron chi connectivity index (χ4n) is 4.87. The average molecular weight is 397 g/mol. The molecule has 1 saturated carbocycles. The molecule has 0 radical (unpaired) electrons.